The molecule has 0 aliphatic heterocycles. The van der Waals surface area contributed by atoms with Gasteiger partial charge in [-0.2, -0.15) is 0 Å². The quantitative estimate of drug-likeness (QED) is 0.412. The summed E-state index contributed by atoms with van der Waals surface area (Å²) in [7, 11) is 0. The van der Waals surface area contributed by atoms with E-state index >= 15 is 0 Å². The zero-order chi connectivity index (χ0) is 9.66. The fourth-order valence-electron chi connectivity index (χ4n) is 1.21. The maximum absolute atomic E-state index is 6.25. The van der Waals surface area contributed by atoms with Gasteiger partial charge in [-0.05, 0) is 0 Å². The van der Waals surface area contributed by atoms with Crippen molar-refractivity contribution in [2.45, 2.75) is 65.2 Å². The highest BCUT2D eigenvalue weighted by Gasteiger charge is 1.87. The third-order valence-corrected chi connectivity index (χ3v) is 1.96. The molecule has 0 aliphatic rings. The number of unbranched alkanes of at least 4 members (excludes halogenated alkanes) is 7. The van der Waals surface area contributed by atoms with Crippen LogP contribution < -0.4 is 0 Å². The van der Waals surface area contributed by atoms with E-state index in [0.29, 0.717) is 0 Å². The molecule has 0 radical (unpaired) electrons. The minimum atomic E-state index is 1.37. The first-order chi connectivity index (χ1) is 5.91. The summed E-state index contributed by atoms with van der Waals surface area (Å²) in [6.45, 7) is 9.29. The van der Waals surface area contributed by atoms with Crippen LogP contribution >= 0.6 is 0 Å². The van der Waals surface area contributed by atoms with Gasteiger partial charge in [0.1, 0.15) is 0 Å². The Kier molecular flexibility index (Phi) is 19.7. The molecule has 0 fully saturated rings. The second-order valence-corrected chi connectivity index (χ2v) is 3.12. The molecule has 0 aromatic rings. The number of hydrogen-bond donors (Lipinski definition) is 0. The summed E-state index contributed by atoms with van der Waals surface area (Å²) < 4.78 is 0. The molecular formula is C11H22N-. The summed E-state index contributed by atoms with van der Waals surface area (Å²) in [6.07, 6.45) is 11.5. The minimum Gasteiger partial charge on any atom is -0.512 e. The fraction of sp³-hybridized carbons (Fsp3) is 0.909. The van der Waals surface area contributed by atoms with E-state index in [0.717, 1.165) is 0 Å². The van der Waals surface area contributed by atoms with Crippen molar-refractivity contribution >= 4 is 0 Å². The van der Waals surface area contributed by atoms with Gasteiger partial charge in [0.15, 0.2) is 0 Å². The Bertz CT molecular complexity index is 68.3. The van der Waals surface area contributed by atoms with Crippen LogP contribution in [-0.2, 0) is 0 Å². The summed E-state index contributed by atoms with van der Waals surface area (Å²) in [5.74, 6) is 0. The van der Waals surface area contributed by atoms with E-state index in [4.69, 9.17) is 11.8 Å². The zero-order valence-corrected chi connectivity index (χ0v) is 8.60. The Balaban J connectivity index is 0. The lowest BCUT2D eigenvalue weighted by Gasteiger charge is -1.97. The van der Waals surface area contributed by atoms with Crippen molar-refractivity contribution in [1.82, 2.24) is 0 Å². The highest BCUT2D eigenvalue weighted by atomic mass is 14.2. The molecule has 1 heteroatoms. The molecule has 0 unspecified atom stereocenters. The van der Waals surface area contributed by atoms with E-state index in [2.05, 4.69) is 13.8 Å². The predicted molar refractivity (Wildman–Crippen MR) is 53.3 cm³/mol. The van der Waals surface area contributed by atoms with Gasteiger partial charge in [0.25, 0.3) is 0 Å². The van der Waals surface area contributed by atoms with Crippen LogP contribution in [0.4, 0.5) is 0 Å². The van der Waals surface area contributed by atoms with Crippen LogP contribution in [0.5, 0.6) is 0 Å². The monoisotopic (exact) mass is 168 g/mol. The first-order valence-corrected chi connectivity index (χ1v) is 5.14. The molecule has 0 N–H and O–H groups in total. The summed E-state index contributed by atoms with van der Waals surface area (Å²) in [6, 6.07) is 0. The summed E-state index contributed by atoms with van der Waals surface area (Å²) in [4.78, 5) is 0. The van der Waals surface area contributed by atoms with Crippen molar-refractivity contribution in [2.24, 2.45) is 0 Å². The summed E-state index contributed by atoms with van der Waals surface area (Å²) >= 11 is 0. The van der Waals surface area contributed by atoms with Crippen molar-refractivity contribution in [3.8, 4) is 0 Å². The average molecular weight is 168 g/mol. The molecule has 1 nitrogen and oxygen atoms in total. The van der Waals surface area contributed by atoms with Crippen LogP contribution in [-0.4, -0.2) is 0 Å². The zero-order valence-electron chi connectivity index (χ0n) is 8.60. The summed E-state index contributed by atoms with van der Waals surface area (Å²) in [5.41, 5.74) is 0. The van der Waals surface area contributed by atoms with Gasteiger partial charge in [-0.3, -0.25) is 0 Å². The summed E-state index contributed by atoms with van der Waals surface area (Å²) in [5, 5.41) is 6.25. The lowest BCUT2D eigenvalue weighted by molar-refractivity contribution is 0.585. The largest absolute Gasteiger partial charge is 0.512 e. The molecule has 0 saturated heterocycles. The van der Waals surface area contributed by atoms with Crippen LogP contribution in [0.25, 0.3) is 0 Å². The second-order valence-electron chi connectivity index (χ2n) is 3.12. The van der Waals surface area contributed by atoms with Gasteiger partial charge in [-0.25, -0.2) is 0 Å². The van der Waals surface area contributed by atoms with Crippen LogP contribution in [0.2, 0.25) is 0 Å². The molecule has 0 aliphatic carbocycles. The molecule has 12 heavy (non-hydrogen) atoms. The van der Waals surface area contributed by atoms with Gasteiger partial charge in [-0.15, -0.1) is 0 Å². The van der Waals surface area contributed by atoms with Gasteiger partial charge >= 0.3 is 0 Å². The smallest absolute Gasteiger partial charge is 0.0533 e. The van der Waals surface area contributed by atoms with Gasteiger partial charge in [0.05, 0.1) is 0 Å². The lowest BCUT2D eigenvalue weighted by Crippen LogP contribution is -1.77. The van der Waals surface area contributed by atoms with Crippen LogP contribution in [0.15, 0.2) is 0 Å². The average Bonchev–Trinajstić information content (AvgIpc) is 2.15. The Morgan fingerprint density at radius 3 is 1.17 bits per heavy atom. The molecule has 0 heterocycles. The van der Waals surface area contributed by atoms with Crippen molar-refractivity contribution in [3.63, 3.8) is 0 Å². The van der Waals surface area contributed by atoms with Gasteiger partial charge in [0, 0.05) is 0 Å². The molecule has 0 bridgehead atoms. The molecule has 0 saturated carbocycles. The SMILES string of the molecule is CCCCCCCCCC.[C-]#N. The van der Waals surface area contributed by atoms with Crippen LogP contribution in [0.3, 0.4) is 0 Å². The first kappa shape index (κ1) is 14.0. The van der Waals surface area contributed by atoms with Crippen molar-refractivity contribution in [2.75, 3.05) is 0 Å². The predicted octanol–water partition coefficient (Wildman–Crippen LogP) is 4.24. The number of nitrogens with zero attached hydrogens (tertiary/aromatic N) is 1. The van der Waals surface area contributed by atoms with Crippen LogP contribution in [0.1, 0.15) is 65.2 Å². The third-order valence-electron chi connectivity index (χ3n) is 1.96. The molecule has 0 spiro atoms. The Morgan fingerprint density at radius 1 is 0.667 bits per heavy atom. The highest BCUT2D eigenvalue weighted by Crippen LogP contribution is 2.07. The van der Waals surface area contributed by atoms with Gasteiger partial charge in [-0.1, -0.05) is 65.2 Å². The lowest BCUT2D eigenvalue weighted by atomic mass is 10.1. The van der Waals surface area contributed by atoms with E-state index in [1.54, 1.807) is 0 Å². The molecule has 0 aromatic heterocycles. The molecule has 72 valence electrons. The Labute approximate surface area is 77.8 Å². The molecular weight excluding hydrogens is 146 g/mol. The van der Waals surface area contributed by atoms with E-state index in [9.17, 15) is 0 Å². The minimum absolute atomic E-state index is 1.37. The molecule has 0 atom stereocenters. The fourth-order valence-corrected chi connectivity index (χ4v) is 1.21. The number of hydrogen-bond acceptors (Lipinski definition) is 1. The maximum Gasteiger partial charge on any atom is -0.0533 e. The standard InChI is InChI=1S/C10H22.CN/c1-3-5-7-9-10-8-6-4-2;1-2/h3-10H2,1-2H3;/q;-1. The van der Waals surface area contributed by atoms with E-state index in [1.807, 2.05) is 0 Å². The van der Waals surface area contributed by atoms with E-state index < -0.39 is 0 Å². The third kappa shape index (κ3) is 16.2. The number of rotatable bonds is 7. The molecule has 0 rings (SSSR count). The van der Waals surface area contributed by atoms with Crippen LogP contribution in [0, 0.1) is 11.8 Å². The first-order valence-electron chi connectivity index (χ1n) is 5.14. The van der Waals surface area contributed by atoms with Gasteiger partial charge in [0.2, 0.25) is 0 Å². The highest BCUT2D eigenvalue weighted by molar-refractivity contribution is 4.43. The maximum atomic E-state index is 6.25. The Morgan fingerprint density at radius 2 is 0.917 bits per heavy atom. The second kappa shape index (κ2) is 16.8. The van der Waals surface area contributed by atoms with E-state index in [-0.39, 0.29) is 0 Å². The Hall–Kier alpha value is -0.510. The molecule has 0 aromatic carbocycles. The molecule has 0 amide bonds. The topological polar surface area (TPSA) is 23.8 Å². The van der Waals surface area contributed by atoms with Crippen molar-refractivity contribution in [3.05, 3.63) is 6.57 Å². The van der Waals surface area contributed by atoms with Crippen molar-refractivity contribution < 1.29 is 0 Å². The normalized spacial score (nSPS) is 8.67. The van der Waals surface area contributed by atoms with Gasteiger partial charge < -0.3 is 11.8 Å². The van der Waals surface area contributed by atoms with E-state index in [1.165, 1.54) is 51.4 Å². The van der Waals surface area contributed by atoms with Crippen molar-refractivity contribution in [1.29, 1.82) is 5.26 Å².